The van der Waals surface area contributed by atoms with Gasteiger partial charge in [0.05, 0.1) is 18.6 Å². The van der Waals surface area contributed by atoms with Crippen LogP contribution in [-0.4, -0.2) is 57.1 Å². The van der Waals surface area contributed by atoms with Crippen molar-refractivity contribution in [1.82, 2.24) is 9.62 Å². The second kappa shape index (κ2) is 8.72. The van der Waals surface area contributed by atoms with E-state index in [1.807, 2.05) is 0 Å². The van der Waals surface area contributed by atoms with E-state index in [4.69, 9.17) is 9.84 Å². The highest BCUT2D eigenvalue weighted by Gasteiger charge is 2.25. The lowest BCUT2D eigenvalue weighted by molar-refractivity contribution is -0.121. The van der Waals surface area contributed by atoms with E-state index >= 15 is 0 Å². The van der Waals surface area contributed by atoms with Crippen molar-refractivity contribution in [2.75, 3.05) is 33.4 Å². The summed E-state index contributed by atoms with van der Waals surface area (Å²) in [5, 5.41) is 11.2. The Balaban J connectivity index is 2.80. The number of nitrogens with zero attached hydrogens (tertiary/aromatic N) is 1. The van der Waals surface area contributed by atoms with Crippen LogP contribution in [0.4, 0.5) is 0 Å². The van der Waals surface area contributed by atoms with Gasteiger partial charge in [-0.1, -0.05) is 6.92 Å². The number of amides is 1. The number of nitrogens with one attached hydrogen (secondary N) is 1. The molecule has 1 aromatic carbocycles. The third-order valence-electron chi connectivity index (χ3n) is 3.03. The van der Waals surface area contributed by atoms with Crippen molar-refractivity contribution in [1.29, 1.82) is 0 Å². The normalized spacial score (nSPS) is 11.5. The number of benzene rings is 1. The Morgan fingerprint density at radius 1 is 1.32 bits per heavy atom. The van der Waals surface area contributed by atoms with Gasteiger partial charge in [-0.3, -0.25) is 4.79 Å². The average Bonchev–Trinajstić information content (AvgIpc) is 2.52. The van der Waals surface area contributed by atoms with E-state index in [1.54, 1.807) is 19.1 Å². The molecule has 0 saturated heterocycles. The first kappa shape index (κ1) is 18.4. The fraction of sp³-hybridized carbons (Fsp3) is 0.500. The van der Waals surface area contributed by atoms with Gasteiger partial charge in [-0.25, -0.2) is 8.42 Å². The van der Waals surface area contributed by atoms with Crippen LogP contribution in [0, 0.1) is 0 Å². The number of carbonyl (C=O) groups is 1. The molecule has 0 aliphatic rings. The van der Waals surface area contributed by atoms with Crippen molar-refractivity contribution in [3.63, 3.8) is 0 Å². The monoisotopic (exact) mass is 330 g/mol. The van der Waals surface area contributed by atoms with Crippen LogP contribution in [-0.2, 0) is 14.8 Å². The van der Waals surface area contributed by atoms with E-state index in [-0.39, 0.29) is 24.6 Å². The molecule has 8 heteroatoms. The van der Waals surface area contributed by atoms with Gasteiger partial charge >= 0.3 is 0 Å². The Morgan fingerprint density at radius 2 is 1.95 bits per heavy atom. The van der Waals surface area contributed by atoms with Crippen molar-refractivity contribution in [2.24, 2.45) is 0 Å². The molecule has 0 aromatic heterocycles. The zero-order valence-corrected chi connectivity index (χ0v) is 13.6. The van der Waals surface area contributed by atoms with Gasteiger partial charge < -0.3 is 15.2 Å². The summed E-state index contributed by atoms with van der Waals surface area (Å²) < 4.78 is 31.1. The number of sulfonamides is 1. The molecule has 0 spiro atoms. The second-order valence-corrected chi connectivity index (χ2v) is 6.47. The lowest BCUT2D eigenvalue weighted by Gasteiger charge is -2.20. The molecule has 7 nitrogen and oxygen atoms in total. The van der Waals surface area contributed by atoms with Gasteiger partial charge in [0.25, 0.3) is 0 Å². The lowest BCUT2D eigenvalue weighted by Crippen LogP contribution is -2.40. The molecule has 124 valence electrons. The summed E-state index contributed by atoms with van der Waals surface area (Å²) in [5.74, 6) is 0.163. The van der Waals surface area contributed by atoms with Crippen LogP contribution in [0.1, 0.15) is 13.3 Å². The highest BCUT2D eigenvalue weighted by molar-refractivity contribution is 7.89. The van der Waals surface area contributed by atoms with Crippen LogP contribution in [0.3, 0.4) is 0 Å². The third-order valence-corrected chi connectivity index (χ3v) is 4.96. The average molecular weight is 330 g/mol. The summed E-state index contributed by atoms with van der Waals surface area (Å²) >= 11 is 0. The number of likely N-dealkylation sites (N-methyl/N-ethyl adjacent to an activating group) is 1. The zero-order valence-electron chi connectivity index (χ0n) is 12.8. The number of methoxy groups -OCH3 is 1. The highest BCUT2D eigenvalue weighted by Crippen LogP contribution is 2.19. The number of rotatable bonds is 9. The number of hydrogen-bond donors (Lipinski definition) is 2. The largest absolute Gasteiger partial charge is 0.497 e. The molecule has 2 N–H and O–H groups in total. The van der Waals surface area contributed by atoms with Crippen LogP contribution >= 0.6 is 0 Å². The molecule has 22 heavy (non-hydrogen) atoms. The van der Waals surface area contributed by atoms with Crippen LogP contribution in [0.2, 0.25) is 0 Å². The number of carbonyl (C=O) groups excluding carboxylic acids is 1. The molecule has 1 rings (SSSR count). The Kier molecular flexibility index (Phi) is 7.30. The van der Waals surface area contributed by atoms with E-state index < -0.39 is 15.9 Å². The van der Waals surface area contributed by atoms with E-state index in [0.29, 0.717) is 18.7 Å². The fourth-order valence-corrected chi connectivity index (χ4v) is 3.19. The van der Waals surface area contributed by atoms with Crippen LogP contribution in [0.15, 0.2) is 29.2 Å². The Labute approximate surface area is 130 Å². The summed E-state index contributed by atoms with van der Waals surface area (Å²) in [4.78, 5) is 11.9. The lowest BCUT2D eigenvalue weighted by atomic mass is 10.3. The standard InChI is InChI=1S/C14H22N2O5S/c1-3-16(11-14(18)15-9-4-10-17)22(19,20)13-7-5-12(21-2)6-8-13/h5-8,17H,3-4,9-11H2,1-2H3,(H,15,18). The molecule has 0 radical (unpaired) electrons. The Morgan fingerprint density at radius 3 is 2.45 bits per heavy atom. The zero-order chi connectivity index (χ0) is 16.6. The van der Waals surface area contributed by atoms with E-state index in [1.165, 1.54) is 19.2 Å². The maximum absolute atomic E-state index is 12.5. The molecule has 0 aliphatic heterocycles. The number of aliphatic hydroxyl groups is 1. The van der Waals surface area contributed by atoms with Crippen molar-refractivity contribution in [3.8, 4) is 5.75 Å². The van der Waals surface area contributed by atoms with Gasteiger partial charge in [0.1, 0.15) is 5.75 Å². The maximum Gasteiger partial charge on any atom is 0.243 e. The molecule has 0 atom stereocenters. The summed E-state index contributed by atoms with van der Waals surface area (Å²) in [6.45, 7) is 1.89. The molecule has 1 aromatic rings. The van der Waals surface area contributed by atoms with Gasteiger partial charge in [0.2, 0.25) is 15.9 Å². The highest BCUT2D eigenvalue weighted by atomic mass is 32.2. The van der Waals surface area contributed by atoms with E-state index in [9.17, 15) is 13.2 Å². The van der Waals surface area contributed by atoms with Gasteiger partial charge in [0, 0.05) is 19.7 Å². The summed E-state index contributed by atoms with van der Waals surface area (Å²) in [5.41, 5.74) is 0. The van der Waals surface area contributed by atoms with Gasteiger partial charge in [-0.15, -0.1) is 0 Å². The smallest absolute Gasteiger partial charge is 0.243 e. The number of aliphatic hydroxyl groups excluding tert-OH is 1. The summed E-state index contributed by atoms with van der Waals surface area (Å²) in [7, 11) is -2.24. The summed E-state index contributed by atoms with van der Waals surface area (Å²) in [6.07, 6.45) is 0.434. The molecule has 0 heterocycles. The van der Waals surface area contributed by atoms with Crippen molar-refractivity contribution in [2.45, 2.75) is 18.2 Å². The van der Waals surface area contributed by atoms with Crippen LogP contribution in [0.5, 0.6) is 5.75 Å². The van der Waals surface area contributed by atoms with E-state index in [2.05, 4.69) is 5.32 Å². The first-order valence-corrected chi connectivity index (χ1v) is 8.41. The van der Waals surface area contributed by atoms with E-state index in [0.717, 1.165) is 4.31 Å². The predicted molar refractivity (Wildman–Crippen MR) is 82.1 cm³/mol. The molecule has 0 saturated carbocycles. The molecular formula is C14H22N2O5S. The number of hydrogen-bond acceptors (Lipinski definition) is 5. The SMILES string of the molecule is CCN(CC(=O)NCCCO)S(=O)(=O)c1ccc(OC)cc1. The van der Waals surface area contributed by atoms with Crippen LogP contribution < -0.4 is 10.1 Å². The van der Waals surface area contributed by atoms with Crippen molar-refractivity contribution in [3.05, 3.63) is 24.3 Å². The Bertz CT molecular complexity index is 571. The van der Waals surface area contributed by atoms with Crippen molar-refractivity contribution >= 4 is 15.9 Å². The predicted octanol–water partition coefficient (Wildman–Crippen LogP) is 0.204. The Hall–Kier alpha value is -1.64. The quantitative estimate of drug-likeness (QED) is 0.631. The second-order valence-electron chi connectivity index (χ2n) is 4.53. The van der Waals surface area contributed by atoms with Gasteiger partial charge in [0.15, 0.2) is 0 Å². The van der Waals surface area contributed by atoms with Crippen molar-refractivity contribution < 1.29 is 23.1 Å². The minimum atomic E-state index is -3.73. The minimum Gasteiger partial charge on any atom is -0.497 e. The topological polar surface area (TPSA) is 95.9 Å². The maximum atomic E-state index is 12.5. The fourth-order valence-electron chi connectivity index (χ4n) is 1.79. The molecule has 0 aliphatic carbocycles. The first-order valence-electron chi connectivity index (χ1n) is 6.97. The molecular weight excluding hydrogens is 308 g/mol. The number of ether oxygens (including phenoxy) is 1. The summed E-state index contributed by atoms with van der Waals surface area (Å²) in [6, 6.07) is 6.01. The minimum absolute atomic E-state index is 0.0259. The molecule has 0 bridgehead atoms. The first-order chi connectivity index (χ1) is 10.5. The molecule has 1 amide bonds. The van der Waals surface area contributed by atoms with Gasteiger partial charge in [-0.2, -0.15) is 4.31 Å². The van der Waals surface area contributed by atoms with Crippen LogP contribution in [0.25, 0.3) is 0 Å². The third kappa shape index (κ3) is 4.97. The van der Waals surface area contributed by atoms with Gasteiger partial charge in [-0.05, 0) is 30.7 Å². The molecule has 0 fully saturated rings. The molecule has 0 unspecified atom stereocenters.